The summed E-state index contributed by atoms with van der Waals surface area (Å²) in [6, 6.07) is 12.9. The predicted molar refractivity (Wildman–Crippen MR) is 84.2 cm³/mol. The number of carbonyl (C=O) groups is 1. The number of anilines is 2. The fourth-order valence-electron chi connectivity index (χ4n) is 1.86. The highest BCUT2D eigenvalue weighted by atomic mass is 32.1. The van der Waals surface area contributed by atoms with Crippen molar-refractivity contribution in [3.05, 3.63) is 60.4 Å². The van der Waals surface area contributed by atoms with E-state index in [0.717, 1.165) is 5.56 Å². The summed E-state index contributed by atoms with van der Waals surface area (Å²) in [5, 5.41) is 3.80. The topological polar surface area (TPSA) is 80.9 Å². The number of nitrogens with one attached hydrogen (secondary N) is 1. The molecule has 0 unspecified atom stereocenters. The zero-order valence-electron chi connectivity index (χ0n) is 11.0. The lowest BCUT2D eigenvalue weighted by molar-refractivity contribution is 0.102. The molecule has 0 saturated heterocycles. The monoisotopic (exact) mass is 296 g/mol. The van der Waals surface area contributed by atoms with Crippen molar-refractivity contribution in [3.8, 4) is 11.3 Å². The van der Waals surface area contributed by atoms with Gasteiger partial charge in [0.15, 0.2) is 5.13 Å². The number of hydrogen-bond donors (Lipinski definition) is 2. The number of amides is 1. The second-order valence-corrected chi connectivity index (χ2v) is 5.32. The first-order valence-corrected chi connectivity index (χ1v) is 7.09. The van der Waals surface area contributed by atoms with Crippen LogP contribution in [0.4, 0.5) is 10.1 Å². The Hall–Kier alpha value is -2.73. The van der Waals surface area contributed by atoms with Crippen LogP contribution in [-0.4, -0.2) is 15.9 Å². The molecule has 3 aromatic rings. The van der Waals surface area contributed by atoms with E-state index in [4.69, 9.17) is 5.73 Å². The van der Waals surface area contributed by atoms with Gasteiger partial charge in [-0.25, -0.2) is 4.98 Å². The van der Waals surface area contributed by atoms with Crippen molar-refractivity contribution in [1.82, 2.24) is 9.97 Å². The third-order valence-corrected chi connectivity index (χ3v) is 3.66. The molecule has 1 amide bonds. The predicted octanol–water partition coefficient (Wildman–Crippen LogP) is 3.04. The standard InChI is InChI=1S/C15H12N4OS/c16-13-12(10-4-2-1-3-5-10)18-15(21-13)19-14(20)11-6-8-17-9-7-11/h1-9H,16H2,(H,18,19,20). The van der Waals surface area contributed by atoms with Crippen molar-refractivity contribution in [2.45, 2.75) is 0 Å². The Kier molecular flexibility index (Phi) is 3.61. The summed E-state index contributed by atoms with van der Waals surface area (Å²) in [4.78, 5) is 20.3. The van der Waals surface area contributed by atoms with E-state index < -0.39 is 0 Å². The lowest BCUT2D eigenvalue weighted by Crippen LogP contribution is -2.11. The van der Waals surface area contributed by atoms with Crippen molar-refractivity contribution < 1.29 is 4.79 Å². The normalized spacial score (nSPS) is 10.3. The molecule has 2 aromatic heterocycles. The summed E-state index contributed by atoms with van der Waals surface area (Å²) in [6.07, 6.45) is 3.14. The van der Waals surface area contributed by atoms with Gasteiger partial charge in [-0.2, -0.15) is 0 Å². The molecule has 1 aromatic carbocycles. The quantitative estimate of drug-likeness (QED) is 0.778. The van der Waals surface area contributed by atoms with Crippen molar-refractivity contribution >= 4 is 27.4 Å². The number of nitrogens with zero attached hydrogens (tertiary/aromatic N) is 2. The number of nitrogen functional groups attached to an aromatic ring is 1. The van der Waals surface area contributed by atoms with Crippen molar-refractivity contribution in [1.29, 1.82) is 0 Å². The zero-order chi connectivity index (χ0) is 14.7. The lowest BCUT2D eigenvalue weighted by atomic mass is 10.2. The molecule has 0 saturated carbocycles. The number of hydrogen-bond acceptors (Lipinski definition) is 5. The van der Waals surface area contributed by atoms with Crippen molar-refractivity contribution in [2.75, 3.05) is 11.1 Å². The van der Waals surface area contributed by atoms with Crippen LogP contribution in [0.15, 0.2) is 54.9 Å². The number of nitrogens with two attached hydrogens (primary N) is 1. The second kappa shape index (κ2) is 5.72. The van der Waals surface area contributed by atoms with Crippen LogP contribution >= 0.6 is 11.3 Å². The SMILES string of the molecule is Nc1sc(NC(=O)c2ccncc2)nc1-c1ccccc1. The summed E-state index contributed by atoms with van der Waals surface area (Å²) in [7, 11) is 0. The van der Waals surface area contributed by atoms with E-state index in [9.17, 15) is 4.79 Å². The summed E-state index contributed by atoms with van der Waals surface area (Å²) in [5.41, 5.74) is 8.12. The maximum Gasteiger partial charge on any atom is 0.257 e. The molecule has 104 valence electrons. The highest BCUT2D eigenvalue weighted by Crippen LogP contribution is 2.33. The molecule has 2 heterocycles. The summed E-state index contributed by atoms with van der Waals surface area (Å²) in [6.45, 7) is 0. The van der Waals surface area contributed by atoms with Crippen LogP contribution in [0.1, 0.15) is 10.4 Å². The van der Waals surface area contributed by atoms with E-state index >= 15 is 0 Å². The molecule has 3 rings (SSSR count). The average Bonchev–Trinajstić information content (AvgIpc) is 2.89. The maximum absolute atomic E-state index is 12.1. The van der Waals surface area contributed by atoms with E-state index in [2.05, 4.69) is 15.3 Å². The fourth-order valence-corrected chi connectivity index (χ4v) is 2.61. The van der Waals surface area contributed by atoms with Gasteiger partial charge >= 0.3 is 0 Å². The molecule has 21 heavy (non-hydrogen) atoms. The molecule has 0 bridgehead atoms. The zero-order valence-corrected chi connectivity index (χ0v) is 11.8. The van der Waals surface area contributed by atoms with Gasteiger partial charge in [0.1, 0.15) is 10.7 Å². The van der Waals surface area contributed by atoms with E-state index in [1.165, 1.54) is 11.3 Å². The van der Waals surface area contributed by atoms with Gasteiger partial charge in [-0.15, -0.1) is 0 Å². The Morgan fingerprint density at radius 1 is 1.10 bits per heavy atom. The van der Waals surface area contributed by atoms with Gasteiger partial charge in [0, 0.05) is 23.5 Å². The first-order valence-electron chi connectivity index (χ1n) is 6.27. The number of benzene rings is 1. The first-order chi connectivity index (χ1) is 10.2. The summed E-state index contributed by atoms with van der Waals surface area (Å²) >= 11 is 1.25. The number of rotatable bonds is 3. The van der Waals surface area contributed by atoms with Gasteiger partial charge in [0.25, 0.3) is 5.91 Å². The average molecular weight is 296 g/mol. The van der Waals surface area contributed by atoms with Gasteiger partial charge in [-0.1, -0.05) is 41.7 Å². The minimum absolute atomic E-state index is 0.231. The third-order valence-electron chi connectivity index (χ3n) is 2.86. The molecular weight excluding hydrogens is 284 g/mol. The van der Waals surface area contributed by atoms with Gasteiger partial charge in [-0.05, 0) is 12.1 Å². The number of pyridine rings is 1. The second-order valence-electron chi connectivity index (χ2n) is 4.29. The Balaban J connectivity index is 1.84. The summed E-state index contributed by atoms with van der Waals surface area (Å²) in [5.74, 6) is -0.231. The lowest BCUT2D eigenvalue weighted by Gasteiger charge is -2.00. The van der Waals surface area contributed by atoms with Gasteiger partial charge in [-0.3, -0.25) is 15.1 Å². The van der Waals surface area contributed by atoms with E-state index in [0.29, 0.717) is 21.4 Å². The maximum atomic E-state index is 12.1. The molecule has 5 nitrogen and oxygen atoms in total. The Morgan fingerprint density at radius 2 is 1.81 bits per heavy atom. The van der Waals surface area contributed by atoms with Gasteiger partial charge in [0.05, 0.1) is 0 Å². The number of carbonyl (C=O) groups excluding carboxylic acids is 1. The van der Waals surface area contributed by atoms with Crippen molar-refractivity contribution in [2.24, 2.45) is 0 Å². The Labute approximate surface area is 125 Å². The largest absolute Gasteiger partial charge is 0.389 e. The molecule has 0 spiro atoms. The Morgan fingerprint density at radius 3 is 2.52 bits per heavy atom. The van der Waals surface area contributed by atoms with Crippen LogP contribution in [0.3, 0.4) is 0 Å². The molecule has 0 fully saturated rings. The highest BCUT2D eigenvalue weighted by molar-refractivity contribution is 7.20. The van der Waals surface area contributed by atoms with Gasteiger partial charge in [0.2, 0.25) is 0 Å². The van der Waals surface area contributed by atoms with Crippen LogP contribution in [0, 0.1) is 0 Å². The minimum atomic E-state index is -0.231. The molecule has 6 heteroatoms. The molecule has 0 aliphatic rings. The highest BCUT2D eigenvalue weighted by Gasteiger charge is 2.13. The molecule has 3 N–H and O–H groups in total. The van der Waals surface area contributed by atoms with Crippen LogP contribution < -0.4 is 11.1 Å². The van der Waals surface area contributed by atoms with Gasteiger partial charge < -0.3 is 5.73 Å². The third kappa shape index (κ3) is 2.90. The Bertz CT molecular complexity index is 756. The van der Waals surface area contributed by atoms with E-state index in [1.807, 2.05) is 30.3 Å². The molecule has 0 atom stereocenters. The van der Waals surface area contributed by atoms with Crippen LogP contribution in [0.2, 0.25) is 0 Å². The number of thiazole rings is 1. The fraction of sp³-hybridized carbons (Fsp3) is 0. The number of aromatic nitrogens is 2. The van der Waals surface area contributed by atoms with Crippen LogP contribution in [0.5, 0.6) is 0 Å². The summed E-state index contributed by atoms with van der Waals surface area (Å²) < 4.78 is 0. The first kappa shape index (κ1) is 13.3. The minimum Gasteiger partial charge on any atom is -0.389 e. The smallest absolute Gasteiger partial charge is 0.257 e. The molecular formula is C15H12N4OS. The molecule has 0 aliphatic heterocycles. The van der Waals surface area contributed by atoms with E-state index in [1.54, 1.807) is 24.5 Å². The van der Waals surface area contributed by atoms with Crippen LogP contribution in [-0.2, 0) is 0 Å². The van der Waals surface area contributed by atoms with Crippen LogP contribution in [0.25, 0.3) is 11.3 Å². The molecule has 0 aliphatic carbocycles. The van der Waals surface area contributed by atoms with E-state index in [-0.39, 0.29) is 5.91 Å². The van der Waals surface area contributed by atoms with Crippen molar-refractivity contribution in [3.63, 3.8) is 0 Å². The molecule has 0 radical (unpaired) electrons.